The van der Waals surface area contributed by atoms with Gasteiger partial charge in [-0.05, 0) is 18.4 Å². The highest BCUT2D eigenvalue weighted by atomic mass is 32.2. The lowest BCUT2D eigenvalue weighted by Crippen LogP contribution is -2.31. The van der Waals surface area contributed by atoms with Crippen LogP contribution in [0.4, 0.5) is 5.69 Å². The Labute approximate surface area is 167 Å². The van der Waals surface area contributed by atoms with Gasteiger partial charge >= 0.3 is 5.97 Å². The quantitative estimate of drug-likeness (QED) is 0.580. The molecule has 1 aromatic carbocycles. The zero-order chi connectivity index (χ0) is 19.7. The van der Waals surface area contributed by atoms with E-state index in [1.54, 1.807) is 4.90 Å². The molecule has 8 heteroatoms. The van der Waals surface area contributed by atoms with Crippen LogP contribution in [0, 0.1) is 5.92 Å². The first-order valence-corrected chi connectivity index (χ1v) is 9.94. The predicted octanol–water partition coefficient (Wildman–Crippen LogP) is 3.13. The highest BCUT2D eigenvalue weighted by Gasteiger charge is 2.41. The molecule has 0 unspecified atom stereocenters. The molecule has 2 aliphatic heterocycles. The number of thioether (sulfide) groups is 1. The summed E-state index contributed by atoms with van der Waals surface area (Å²) in [6, 6.07) is 7.42. The Kier molecular flexibility index (Phi) is 5.67. The average Bonchev–Trinajstić information content (AvgIpc) is 3.04. The molecule has 0 atom stereocenters. The van der Waals surface area contributed by atoms with Crippen LogP contribution in [-0.4, -0.2) is 45.2 Å². The standard InChI is InChI=1S/C19H20N2O4S2/c1-11(2)7-9-20-13-6-4-3-5-12(13)15(17(20)24)16-18(25)21(19(26)27-16)10-8-14(22)23/h3-6,11H,7-10H2,1-2H3,(H,22,23)/b16-15-. The van der Waals surface area contributed by atoms with E-state index in [9.17, 15) is 14.4 Å². The fraction of sp³-hybridized carbons (Fsp3) is 0.368. The number of carboxylic acids is 1. The lowest BCUT2D eigenvalue weighted by molar-refractivity contribution is -0.137. The molecule has 1 fully saturated rings. The summed E-state index contributed by atoms with van der Waals surface area (Å²) in [5, 5.41) is 8.87. The lowest BCUT2D eigenvalue weighted by atomic mass is 10.1. The number of thiocarbonyl (C=S) groups is 1. The maximum Gasteiger partial charge on any atom is 0.305 e. The number of anilines is 1. The van der Waals surface area contributed by atoms with E-state index in [1.165, 1.54) is 4.90 Å². The zero-order valence-corrected chi connectivity index (χ0v) is 16.7. The minimum atomic E-state index is -1.00. The summed E-state index contributed by atoms with van der Waals surface area (Å²) in [6.45, 7) is 4.78. The molecule has 2 heterocycles. The predicted molar refractivity (Wildman–Crippen MR) is 109 cm³/mol. The number of aliphatic carboxylic acids is 1. The molecule has 1 aromatic rings. The Morgan fingerprint density at radius 3 is 2.52 bits per heavy atom. The van der Waals surface area contributed by atoms with Crippen LogP contribution < -0.4 is 4.90 Å². The number of hydrogen-bond acceptors (Lipinski definition) is 5. The van der Waals surface area contributed by atoms with E-state index < -0.39 is 11.9 Å². The minimum absolute atomic E-state index is 0.00365. The van der Waals surface area contributed by atoms with E-state index in [0.717, 1.165) is 29.4 Å². The molecule has 0 bridgehead atoms. The summed E-state index contributed by atoms with van der Waals surface area (Å²) >= 11 is 6.32. The summed E-state index contributed by atoms with van der Waals surface area (Å²) in [5.41, 5.74) is 1.89. The van der Waals surface area contributed by atoms with Gasteiger partial charge in [0.25, 0.3) is 11.8 Å². The van der Waals surface area contributed by atoms with Gasteiger partial charge in [0.05, 0.1) is 22.6 Å². The van der Waals surface area contributed by atoms with E-state index >= 15 is 0 Å². The Hall–Kier alpha value is -2.19. The highest BCUT2D eigenvalue weighted by molar-refractivity contribution is 8.26. The molecule has 6 nitrogen and oxygen atoms in total. The second-order valence-electron chi connectivity index (χ2n) is 6.83. The molecule has 0 aromatic heterocycles. The molecule has 2 amide bonds. The van der Waals surface area contributed by atoms with Gasteiger partial charge in [-0.2, -0.15) is 0 Å². The molecule has 142 valence electrons. The van der Waals surface area contributed by atoms with Gasteiger partial charge in [0.1, 0.15) is 4.32 Å². The van der Waals surface area contributed by atoms with Crippen molar-refractivity contribution in [1.29, 1.82) is 0 Å². The van der Waals surface area contributed by atoms with Crippen LogP contribution in [0.2, 0.25) is 0 Å². The van der Waals surface area contributed by atoms with Crippen LogP contribution in [0.15, 0.2) is 29.2 Å². The molecule has 1 saturated heterocycles. The number of carbonyl (C=O) groups is 3. The topological polar surface area (TPSA) is 77.9 Å². The van der Waals surface area contributed by atoms with Crippen LogP contribution in [-0.2, 0) is 14.4 Å². The molecule has 0 aliphatic carbocycles. The van der Waals surface area contributed by atoms with Crippen molar-refractivity contribution >= 4 is 57.3 Å². The van der Waals surface area contributed by atoms with Crippen molar-refractivity contribution in [3.63, 3.8) is 0 Å². The highest BCUT2D eigenvalue weighted by Crippen LogP contribution is 2.44. The fourth-order valence-electron chi connectivity index (χ4n) is 3.06. The molecule has 2 aliphatic rings. The number of nitrogens with zero attached hydrogens (tertiary/aromatic N) is 2. The summed E-state index contributed by atoms with van der Waals surface area (Å²) in [7, 11) is 0. The van der Waals surface area contributed by atoms with Crippen LogP contribution in [0.3, 0.4) is 0 Å². The zero-order valence-electron chi connectivity index (χ0n) is 15.1. The SMILES string of the molecule is CC(C)CCN1C(=O)/C(=C2\SC(=S)N(CCC(=O)O)C2=O)c2ccccc21. The molecular formula is C19H20N2O4S2. The van der Waals surface area contributed by atoms with Crippen molar-refractivity contribution in [2.75, 3.05) is 18.0 Å². The van der Waals surface area contributed by atoms with E-state index in [1.807, 2.05) is 24.3 Å². The molecule has 1 N–H and O–H groups in total. The first-order chi connectivity index (χ1) is 12.8. The summed E-state index contributed by atoms with van der Waals surface area (Å²) in [5.74, 6) is -1.15. The number of carbonyl (C=O) groups excluding carboxylic acids is 2. The number of benzene rings is 1. The molecule has 0 spiro atoms. The van der Waals surface area contributed by atoms with Crippen LogP contribution in [0.1, 0.15) is 32.3 Å². The van der Waals surface area contributed by atoms with Crippen molar-refractivity contribution in [2.45, 2.75) is 26.7 Å². The molecule has 0 radical (unpaired) electrons. The number of para-hydroxylation sites is 1. The van der Waals surface area contributed by atoms with Gasteiger partial charge in [0.15, 0.2) is 0 Å². The number of hydrogen-bond donors (Lipinski definition) is 1. The van der Waals surface area contributed by atoms with Gasteiger partial charge < -0.3 is 10.0 Å². The van der Waals surface area contributed by atoms with Gasteiger partial charge in [-0.25, -0.2) is 0 Å². The van der Waals surface area contributed by atoms with Crippen molar-refractivity contribution in [3.05, 3.63) is 34.7 Å². The van der Waals surface area contributed by atoms with Gasteiger partial charge in [-0.1, -0.05) is 56.0 Å². The summed E-state index contributed by atoms with van der Waals surface area (Å²) in [6.07, 6.45) is 0.660. The third-order valence-electron chi connectivity index (χ3n) is 4.48. The first kappa shape index (κ1) is 19.6. The monoisotopic (exact) mass is 404 g/mol. The summed E-state index contributed by atoms with van der Waals surface area (Å²) in [4.78, 5) is 40.1. The van der Waals surface area contributed by atoms with Crippen molar-refractivity contribution in [2.24, 2.45) is 5.92 Å². The molecule has 0 saturated carbocycles. The van der Waals surface area contributed by atoms with Crippen molar-refractivity contribution < 1.29 is 19.5 Å². The number of rotatable bonds is 6. The second kappa shape index (κ2) is 7.82. The molecule has 3 rings (SSSR count). The van der Waals surface area contributed by atoms with E-state index in [4.69, 9.17) is 17.3 Å². The van der Waals surface area contributed by atoms with Crippen LogP contribution in [0.25, 0.3) is 5.57 Å². The Bertz CT molecular complexity index is 863. The Balaban J connectivity index is 1.98. The normalized spacial score (nSPS) is 19.4. The minimum Gasteiger partial charge on any atom is -0.481 e. The van der Waals surface area contributed by atoms with Crippen LogP contribution in [0.5, 0.6) is 0 Å². The fourth-order valence-corrected chi connectivity index (χ4v) is 4.44. The number of fused-ring (bicyclic) bond motifs is 1. The van der Waals surface area contributed by atoms with E-state index in [0.29, 0.717) is 18.0 Å². The van der Waals surface area contributed by atoms with Gasteiger partial charge in [-0.15, -0.1) is 0 Å². The van der Waals surface area contributed by atoms with Crippen molar-refractivity contribution in [1.82, 2.24) is 4.90 Å². The van der Waals surface area contributed by atoms with Crippen molar-refractivity contribution in [3.8, 4) is 0 Å². The van der Waals surface area contributed by atoms with E-state index in [2.05, 4.69) is 13.8 Å². The number of carboxylic acid groups (broad SMARTS) is 1. The maximum absolute atomic E-state index is 13.1. The van der Waals surface area contributed by atoms with E-state index in [-0.39, 0.29) is 28.1 Å². The molecular weight excluding hydrogens is 384 g/mol. The Morgan fingerprint density at radius 1 is 1.15 bits per heavy atom. The first-order valence-electron chi connectivity index (χ1n) is 8.72. The second-order valence-corrected chi connectivity index (χ2v) is 8.47. The maximum atomic E-state index is 13.1. The lowest BCUT2D eigenvalue weighted by Gasteiger charge is -2.18. The largest absolute Gasteiger partial charge is 0.481 e. The van der Waals surface area contributed by atoms with Gasteiger partial charge in [-0.3, -0.25) is 19.3 Å². The number of amides is 2. The third-order valence-corrected chi connectivity index (χ3v) is 5.93. The van der Waals surface area contributed by atoms with Crippen LogP contribution >= 0.6 is 24.0 Å². The smallest absolute Gasteiger partial charge is 0.305 e. The summed E-state index contributed by atoms with van der Waals surface area (Å²) < 4.78 is 0.287. The van der Waals surface area contributed by atoms with Gasteiger partial charge in [0, 0.05) is 18.7 Å². The Morgan fingerprint density at radius 2 is 1.85 bits per heavy atom. The van der Waals surface area contributed by atoms with Gasteiger partial charge in [0.2, 0.25) is 0 Å². The third kappa shape index (κ3) is 3.77. The average molecular weight is 405 g/mol. The molecule has 27 heavy (non-hydrogen) atoms.